The van der Waals surface area contributed by atoms with Crippen LogP contribution >= 0.6 is 0 Å². The first-order valence-electron chi connectivity index (χ1n) is 6.18. The molecule has 100 valence electrons. The molecule has 1 aromatic heterocycles. The van der Waals surface area contributed by atoms with E-state index in [4.69, 9.17) is 9.52 Å². The molecule has 2 rings (SSSR count). The number of aryl methyl sites for hydroxylation is 3. The van der Waals surface area contributed by atoms with Gasteiger partial charge in [0.1, 0.15) is 0 Å². The summed E-state index contributed by atoms with van der Waals surface area (Å²) in [6.07, 6.45) is 1.11. The van der Waals surface area contributed by atoms with Crippen molar-refractivity contribution in [2.45, 2.75) is 33.1 Å². The molecular formula is C14H16N2O3. The molecule has 2 aromatic rings. The van der Waals surface area contributed by atoms with Crippen molar-refractivity contribution in [2.75, 3.05) is 0 Å². The summed E-state index contributed by atoms with van der Waals surface area (Å²) in [4.78, 5) is 10.4. The van der Waals surface area contributed by atoms with Crippen LogP contribution in [-0.4, -0.2) is 21.3 Å². The number of aromatic nitrogens is 2. The molecule has 0 aliphatic rings. The summed E-state index contributed by atoms with van der Waals surface area (Å²) in [5, 5.41) is 16.6. The first-order chi connectivity index (χ1) is 9.08. The van der Waals surface area contributed by atoms with Crippen LogP contribution < -0.4 is 0 Å². The molecule has 0 amide bonds. The average molecular weight is 260 g/mol. The quantitative estimate of drug-likeness (QED) is 0.894. The van der Waals surface area contributed by atoms with Gasteiger partial charge in [0, 0.05) is 18.4 Å². The maximum absolute atomic E-state index is 10.4. The van der Waals surface area contributed by atoms with Gasteiger partial charge in [0.2, 0.25) is 11.8 Å². The predicted molar refractivity (Wildman–Crippen MR) is 69.8 cm³/mol. The van der Waals surface area contributed by atoms with E-state index >= 15 is 0 Å². The third kappa shape index (κ3) is 3.19. The number of carboxylic acids is 1. The number of rotatable bonds is 5. The van der Waals surface area contributed by atoms with Crippen molar-refractivity contribution in [1.82, 2.24) is 10.2 Å². The Labute approximate surface area is 111 Å². The smallest absolute Gasteiger partial charge is 0.303 e. The molecule has 0 unspecified atom stereocenters. The zero-order valence-corrected chi connectivity index (χ0v) is 11.0. The first-order valence-corrected chi connectivity index (χ1v) is 6.18. The van der Waals surface area contributed by atoms with E-state index in [1.165, 1.54) is 0 Å². The highest BCUT2D eigenvalue weighted by molar-refractivity contribution is 5.66. The molecule has 5 heteroatoms. The number of benzene rings is 1. The first kappa shape index (κ1) is 13.3. The van der Waals surface area contributed by atoms with Crippen molar-refractivity contribution in [1.29, 1.82) is 0 Å². The van der Waals surface area contributed by atoms with Gasteiger partial charge in [-0.15, -0.1) is 10.2 Å². The Hall–Kier alpha value is -2.17. The number of carbonyl (C=O) groups is 1. The summed E-state index contributed by atoms with van der Waals surface area (Å²) >= 11 is 0. The molecule has 1 aromatic carbocycles. The lowest BCUT2D eigenvalue weighted by molar-refractivity contribution is -0.137. The fourth-order valence-corrected chi connectivity index (χ4v) is 2.00. The number of hydrogen-bond acceptors (Lipinski definition) is 4. The van der Waals surface area contributed by atoms with Crippen LogP contribution in [0.4, 0.5) is 0 Å². The minimum absolute atomic E-state index is 0.112. The van der Waals surface area contributed by atoms with E-state index in [0.717, 1.165) is 16.7 Å². The second-order valence-electron chi connectivity index (χ2n) is 4.52. The molecule has 1 N–H and O–H groups in total. The molecule has 0 fully saturated rings. The van der Waals surface area contributed by atoms with Crippen molar-refractivity contribution in [3.8, 4) is 11.5 Å². The van der Waals surface area contributed by atoms with Crippen molar-refractivity contribution in [3.63, 3.8) is 0 Å². The highest BCUT2D eigenvalue weighted by atomic mass is 16.4. The lowest BCUT2D eigenvalue weighted by Gasteiger charge is -2.04. The van der Waals surface area contributed by atoms with E-state index in [-0.39, 0.29) is 6.42 Å². The van der Waals surface area contributed by atoms with Gasteiger partial charge in [-0.25, -0.2) is 0 Å². The maximum atomic E-state index is 10.4. The second-order valence-corrected chi connectivity index (χ2v) is 4.52. The van der Waals surface area contributed by atoms with Crippen LogP contribution in [0, 0.1) is 13.8 Å². The van der Waals surface area contributed by atoms with Crippen molar-refractivity contribution >= 4 is 5.97 Å². The van der Waals surface area contributed by atoms with Gasteiger partial charge in [-0.05, 0) is 31.4 Å². The van der Waals surface area contributed by atoms with Crippen LogP contribution in [0.15, 0.2) is 22.6 Å². The van der Waals surface area contributed by atoms with Gasteiger partial charge in [-0.2, -0.15) is 0 Å². The van der Waals surface area contributed by atoms with Crippen molar-refractivity contribution in [2.24, 2.45) is 0 Å². The fraction of sp³-hybridized carbons (Fsp3) is 0.357. The van der Waals surface area contributed by atoms with E-state index in [0.29, 0.717) is 24.6 Å². The zero-order valence-electron chi connectivity index (χ0n) is 11.0. The lowest BCUT2D eigenvalue weighted by Crippen LogP contribution is -1.95. The second kappa shape index (κ2) is 5.65. The van der Waals surface area contributed by atoms with Gasteiger partial charge in [0.05, 0.1) is 0 Å². The monoisotopic (exact) mass is 260 g/mol. The number of hydrogen-bond donors (Lipinski definition) is 1. The highest BCUT2D eigenvalue weighted by Gasteiger charge is 2.13. The molecule has 0 spiro atoms. The summed E-state index contributed by atoms with van der Waals surface area (Å²) in [7, 11) is 0. The average Bonchev–Trinajstić information content (AvgIpc) is 2.77. The Morgan fingerprint density at radius 1 is 1.26 bits per heavy atom. The Balaban J connectivity index is 2.15. The van der Waals surface area contributed by atoms with E-state index < -0.39 is 5.97 Å². The molecule has 1 heterocycles. The van der Waals surface area contributed by atoms with E-state index in [2.05, 4.69) is 10.2 Å². The Kier molecular flexibility index (Phi) is 3.94. The Bertz CT molecular complexity index is 570. The van der Waals surface area contributed by atoms with Crippen LogP contribution in [0.5, 0.6) is 0 Å². The number of nitrogens with zero attached hydrogens (tertiary/aromatic N) is 2. The summed E-state index contributed by atoms with van der Waals surface area (Å²) < 4.78 is 5.60. The van der Waals surface area contributed by atoms with Crippen LogP contribution in [0.1, 0.15) is 29.9 Å². The van der Waals surface area contributed by atoms with Crippen LogP contribution in [-0.2, 0) is 11.2 Å². The number of carboxylic acid groups (broad SMARTS) is 1. The molecule has 0 atom stereocenters. The minimum atomic E-state index is -0.811. The Morgan fingerprint density at radius 2 is 1.95 bits per heavy atom. The maximum Gasteiger partial charge on any atom is 0.303 e. The standard InChI is InChI=1S/C14H16N2O3/c1-9-5-3-6-10(2)13(9)14-16-15-11(19-14)7-4-8-12(17)18/h3,5-6H,4,7-8H2,1-2H3,(H,17,18). The molecule has 0 radical (unpaired) electrons. The zero-order chi connectivity index (χ0) is 13.8. The highest BCUT2D eigenvalue weighted by Crippen LogP contribution is 2.25. The molecule has 0 aliphatic carbocycles. The normalized spacial score (nSPS) is 10.6. The van der Waals surface area contributed by atoms with Gasteiger partial charge in [0.25, 0.3) is 0 Å². The molecule has 0 bridgehead atoms. The van der Waals surface area contributed by atoms with E-state index in [9.17, 15) is 4.79 Å². The topological polar surface area (TPSA) is 76.2 Å². The van der Waals surface area contributed by atoms with Crippen molar-refractivity contribution in [3.05, 3.63) is 35.2 Å². The van der Waals surface area contributed by atoms with Gasteiger partial charge in [-0.3, -0.25) is 4.79 Å². The molecule has 0 aliphatic heterocycles. The molecule has 0 saturated heterocycles. The van der Waals surface area contributed by atoms with Gasteiger partial charge in [0.15, 0.2) is 0 Å². The molecule has 5 nitrogen and oxygen atoms in total. The van der Waals surface area contributed by atoms with Gasteiger partial charge >= 0.3 is 5.97 Å². The largest absolute Gasteiger partial charge is 0.481 e. The summed E-state index contributed by atoms with van der Waals surface area (Å²) in [6, 6.07) is 5.98. The minimum Gasteiger partial charge on any atom is -0.481 e. The summed E-state index contributed by atoms with van der Waals surface area (Å²) in [5.41, 5.74) is 3.13. The van der Waals surface area contributed by atoms with E-state index in [1.807, 2.05) is 32.0 Å². The number of aliphatic carboxylic acids is 1. The molecule has 19 heavy (non-hydrogen) atoms. The lowest BCUT2D eigenvalue weighted by atomic mass is 10.0. The predicted octanol–water partition coefficient (Wildman–Crippen LogP) is 2.76. The van der Waals surface area contributed by atoms with E-state index in [1.54, 1.807) is 0 Å². The third-order valence-electron chi connectivity index (χ3n) is 2.94. The van der Waals surface area contributed by atoms with Crippen LogP contribution in [0.25, 0.3) is 11.5 Å². The van der Waals surface area contributed by atoms with Crippen LogP contribution in [0.2, 0.25) is 0 Å². The van der Waals surface area contributed by atoms with Gasteiger partial charge < -0.3 is 9.52 Å². The third-order valence-corrected chi connectivity index (χ3v) is 2.94. The SMILES string of the molecule is Cc1cccc(C)c1-c1nnc(CCCC(=O)O)o1. The van der Waals surface area contributed by atoms with Crippen LogP contribution in [0.3, 0.4) is 0 Å². The van der Waals surface area contributed by atoms with Gasteiger partial charge in [-0.1, -0.05) is 18.2 Å². The molecular weight excluding hydrogens is 244 g/mol. The summed E-state index contributed by atoms with van der Waals surface area (Å²) in [6.45, 7) is 3.99. The summed E-state index contributed by atoms with van der Waals surface area (Å²) in [5.74, 6) is 0.175. The fourth-order valence-electron chi connectivity index (χ4n) is 2.00. The van der Waals surface area contributed by atoms with Crippen molar-refractivity contribution < 1.29 is 14.3 Å². The molecule has 0 saturated carbocycles. The Morgan fingerprint density at radius 3 is 2.58 bits per heavy atom.